The number of halogens is 1. The monoisotopic (exact) mass is 262 g/mol. The van der Waals surface area contributed by atoms with Crippen molar-refractivity contribution in [3.8, 4) is 17.2 Å². The molecule has 1 nitrogen and oxygen atoms in total. The van der Waals surface area contributed by atoms with Crippen molar-refractivity contribution in [2.24, 2.45) is 5.92 Å². The lowest BCUT2D eigenvalue weighted by atomic mass is 10.2. The standard InChI is InChI=1S/C15H19FOSi/c1-18(2,3)10-9-13-14(16)5-4-6-15(13)17-11-12-7-8-12/h4-6,12H,7-8,11H2,1-3H3. The van der Waals surface area contributed by atoms with Gasteiger partial charge in [-0.3, -0.25) is 0 Å². The van der Waals surface area contributed by atoms with Gasteiger partial charge in [0.2, 0.25) is 0 Å². The van der Waals surface area contributed by atoms with Gasteiger partial charge < -0.3 is 4.74 Å². The van der Waals surface area contributed by atoms with E-state index in [9.17, 15) is 4.39 Å². The van der Waals surface area contributed by atoms with Gasteiger partial charge >= 0.3 is 0 Å². The maximum atomic E-state index is 13.8. The zero-order valence-electron chi connectivity index (χ0n) is 11.2. The minimum Gasteiger partial charge on any atom is -0.492 e. The number of hydrogen-bond donors (Lipinski definition) is 0. The van der Waals surface area contributed by atoms with Gasteiger partial charge in [-0.2, -0.15) is 0 Å². The third-order valence-corrected chi connectivity index (χ3v) is 3.58. The van der Waals surface area contributed by atoms with Crippen LogP contribution in [0.1, 0.15) is 18.4 Å². The molecule has 1 fully saturated rings. The molecule has 3 heteroatoms. The van der Waals surface area contributed by atoms with Gasteiger partial charge in [0.15, 0.2) is 0 Å². The molecule has 0 atom stereocenters. The topological polar surface area (TPSA) is 9.23 Å². The molecule has 0 unspecified atom stereocenters. The van der Waals surface area contributed by atoms with Gasteiger partial charge in [-0.25, -0.2) is 4.39 Å². The summed E-state index contributed by atoms with van der Waals surface area (Å²) >= 11 is 0. The minimum absolute atomic E-state index is 0.283. The Morgan fingerprint density at radius 1 is 1.33 bits per heavy atom. The van der Waals surface area contributed by atoms with Crippen LogP contribution in [-0.4, -0.2) is 14.7 Å². The third kappa shape index (κ3) is 3.88. The van der Waals surface area contributed by atoms with Crippen LogP contribution in [-0.2, 0) is 0 Å². The summed E-state index contributed by atoms with van der Waals surface area (Å²) in [5.41, 5.74) is 3.61. The van der Waals surface area contributed by atoms with Crippen LogP contribution >= 0.6 is 0 Å². The first kappa shape index (κ1) is 13.2. The largest absolute Gasteiger partial charge is 0.492 e. The zero-order valence-corrected chi connectivity index (χ0v) is 12.2. The molecule has 1 aliphatic rings. The Bertz CT molecular complexity index is 489. The summed E-state index contributed by atoms with van der Waals surface area (Å²) in [6.07, 6.45) is 2.45. The first-order valence-electron chi connectivity index (χ1n) is 6.40. The van der Waals surface area contributed by atoms with E-state index >= 15 is 0 Å². The molecule has 0 aromatic heterocycles. The van der Waals surface area contributed by atoms with Crippen LogP contribution in [0.4, 0.5) is 4.39 Å². The fourth-order valence-corrected chi connectivity index (χ4v) is 1.99. The summed E-state index contributed by atoms with van der Waals surface area (Å²) in [5.74, 6) is 3.94. The highest BCUT2D eigenvalue weighted by atomic mass is 28.3. The normalized spacial score (nSPS) is 14.9. The Hall–Kier alpha value is -1.27. The van der Waals surface area contributed by atoms with Crippen LogP contribution in [0.25, 0.3) is 0 Å². The molecule has 0 spiro atoms. The number of rotatable bonds is 3. The third-order valence-electron chi connectivity index (χ3n) is 2.71. The summed E-state index contributed by atoms with van der Waals surface area (Å²) in [7, 11) is -1.50. The highest BCUT2D eigenvalue weighted by Gasteiger charge is 2.22. The van der Waals surface area contributed by atoms with Gasteiger partial charge in [0.1, 0.15) is 25.2 Å². The van der Waals surface area contributed by atoms with E-state index in [0.29, 0.717) is 23.8 Å². The van der Waals surface area contributed by atoms with Crippen molar-refractivity contribution in [1.82, 2.24) is 0 Å². The number of ether oxygens (including phenoxy) is 1. The van der Waals surface area contributed by atoms with E-state index in [-0.39, 0.29) is 5.82 Å². The molecule has 2 rings (SSSR count). The molecule has 0 heterocycles. The van der Waals surface area contributed by atoms with Crippen LogP contribution in [0, 0.1) is 23.2 Å². The van der Waals surface area contributed by atoms with Gasteiger partial charge in [0.25, 0.3) is 0 Å². The Kier molecular flexibility index (Phi) is 3.77. The second kappa shape index (κ2) is 5.15. The highest BCUT2D eigenvalue weighted by molar-refractivity contribution is 6.83. The Morgan fingerprint density at radius 3 is 2.67 bits per heavy atom. The average Bonchev–Trinajstić information content (AvgIpc) is 3.07. The first-order chi connectivity index (χ1) is 8.46. The molecule has 0 saturated heterocycles. The SMILES string of the molecule is C[Si](C)(C)C#Cc1c(F)cccc1OCC1CC1. The number of benzene rings is 1. The van der Waals surface area contributed by atoms with Crippen LogP contribution < -0.4 is 4.74 Å². The zero-order chi connectivity index (χ0) is 13.2. The Balaban J connectivity index is 2.21. The van der Waals surface area contributed by atoms with Crippen LogP contribution in [0.2, 0.25) is 19.6 Å². The van der Waals surface area contributed by atoms with E-state index in [2.05, 4.69) is 31.1 Å². The van der Waals surface area contributed by atoms with Gasteiger partial charge in [0.05, 0.1) is 6.61 Å². The molecule has 1 aliphatic carbocycles. The second-order valence-corrected chi connectivity index (χ2v) is 10.6. The minimum atomic E-state index is -1.50. The fraction of sp³-hybridized carbons (Fsp3) is 0.467. The van der Waals surface area contributed by atoms with Crippen LogP contribution in [0.15, 0.2) is 18.2 Å². The highest BCUT2D eigenvalue weighted by Crippen LogP contribution is 2.30. The molecule has 0 radical (unpaired) electrons. The summed E-state index contributed by atoms with van der Waals surface area (Å²) < 4.78 is 19.5. The summed E-state index contributed by atoms with van der Waals surface area (Å²) in [5, 5.41) is 0. The lowest BCUT2D eigenvalue weighted by molar-refractivity contribution is 0.297. The van der Waals surface area contributed by atoms with Crippen molar-refractivity contribution in [1.29, 1.82) is 0 Å². The fourth-order valence-electron chi connectivity index (χ4n) is 1.49. The van der Waals surface area contributed by atoms with Crippen molar-refractivity contribution in [2.75, 3.05) is 6.61 Å². The molecule has 18 heavy (non-hydrogen) atoms. The van der Waals surface area contributed by atoms with Crippen molar-refractivity contribution in [2.45, 2.75) is 32.5 Å². The van der Waals surface area contributed by atoms with Gasteiger partial charge in [-0.05, 0) is 30.9 Å². The molecule has 1 saturated carbocycles. The molecule has 0 bridgehead atoms. The summed E-state index contributed by atoms with van der Waals surface area (Å²) in [4.78, 5) is 0. The van der Waals surface area contributed by atoms with Crippen molar-refractivity contribution < 1.29 is 9.13 Å². The quantitative estimate of drug-likeness (QED) is 0.594. The smallest absolute Gasteiger partial charge is 0.142 e. The van der Waals surface area contributed by atoms with Crippen LogP contribution in [0.5, 0.6) is 5.75 Å². The average molecular weight is 262 g/mol. The molecule has 96 valence electrons. The maximum absolute atomic E-state index is 13.8. The van der Waals surface area contributed by atoms with Crippen molar-refractivity contribution >= 4 is 8.07 Å². The predicted molar refractivity (Wildman–Crippen MR) is 74.8 cm³/mol. The summed E-state index contributed by atoms with van der Waals surface area (Å²) in [6.45, 7) is 7.12. The molecular formula is C15H19FOSi. The molecule has 1 aromatic rings. The first-order valence-corrected chi connectivity index (χ1v) is 9.90. The van der Waals surface area contributed by atoms with Crippen molar-refractivity contribution in [3.63, 3.8) is 0 Å². The molecule has 0 aliphatic heterocycles. The van der Waals surface area contributed by atoms with Gasteiger partial charge in [-0.15, -0.1) is 5.54 Å². The maximum Gasteiger partial charge on any atom is 0.142 e. The molecule has 0 N–H and O–H groups in total. The summed E-state index contributed by atoms with van der Waals surface area (Å²) in [6, 6.07) is 4.93. The molecule has 0 amide bonds. The van der Waals surface area contributed by atoms with E-state index in [1.165, 1.54) is 18.9 Å². The van der Waals surface area contributed by atoms with E-state index in [4.69, 9.17) is 4.74 Å². The molecule has 1 aromatic carbocycles. The second-order valence-electron chi connectivity index (χ2n) is 5.87. The lowest BCUT2D eigenvalue weighted by Crippen LogP contribution is -2.16. The predicted octanol–water partition coefficient (Wildman–Crippen LogP) is 3.84. The van der Waals surface area contributed by atoms with E-state index in [1.54, 1.807) is 12.1 Å². The van der Waals surface area contributed by atoms with Gasteiger partial charge in [0, 0.05) is 0 Å². The number of hydrogen-bond acceptors (Lipinski definition) is 1. The van der Waals surface area contributed by atoms with E-state index in [0.717, 1.165) is 0 Å². The van der Waals surface area contributed by atoms with Gasteiger partial charge in [-0.1, -0.05) is 31.6 Å². The lowest BCUT2D eigenvalue weighted by Gasteiger charge is -2.09. The Labute approximate surface area is 109 Å². The molecular weight excluding hydrogens is 243 g/mol. The van der Waals surface area contributed by atoms with Crippen LogP contribution in [0.3, 0.4) is 0 Å². The van der Waals surface area contributed by atoms with Crippen molar-refractivity contribution in [3.05, 3.63) is 29.6 Å². The Morgan fingerprint density at radius 2 is 2.06 bits per heavy atom. The van der Waals surface area contributed by atoms with E-state index in [1.807, 2.05) is 0 Å². The van der Waals surface area contributed by atoms with E-state index < -0.39 is 8.07 Å².